The summed E-state index contributed by atoms with van der Waals surface area (Å²) >= 11 is 5.97. The lowest BCUT2D eigenvalue weighted by atomic mass is 10.1. The highest BCUT2D eigenvalue weighted by molar-refractivity contribution is 6.33. The van der Waals surface area contributed by atoms with E-state index < -0.39 is 30.2 Å². The number of ether oxygens (including phenoxy) is 1. The molecule has 0 aromatic heterocycles. The Bertz CT molecular complexity index is 768. The molecule has 0 radical (unpaired) electrons. The molecule has 132 valence electrons. The molecule has 25 heavy (non-hydrogen) atoms. The van der Waals surface area contributed by atoms with Crippen LogP contribution in [0.1, 0.15) is 21.5 Å². The van der Waals surface area contributed by atoms with Crippen LogP contribution in [0.4, 0.5) is 18.9 Å². The second-order valence-electron chi connectivity index (χ2n) is 5.13. The van der Waals surface area contributed by atoms with Crippen molar-refractivity contribution in [3.05, 3.63) is 64.2 Å². The maximum atomic E-state index is 12.5. The minimum Gasteiger partial charge on any atom is -0.452 e. The van der Waals surface area contributed by atoms with Crippen LogP contribution < -0.4 is 5.32 Å². The summed E-state index contributed by atoms with van der Waals surface area (Å²) in [5.41, 5.74) is 0.167. The van der Waals surface area contributed by atoms with Crippen LogP contribution in [-0.2, 0) is 15.7 Å². The Labute approximate surface area is 146 Å². The van der Waals surface area contributed by atoms with E-state index in [-0.39, 0.29) is 5.56 Å². The Morgan fingerprint density at radius 3 is 2.32 bits per heavy atom. The molecule has 1 amide bonds. The largest absolute Gasteiger partial charge is 0.452 e. The van der Waals surface area contributed by atoms with E-state index in [0.717, 1.165) is 29.8 Å². The molecule has 2 rings (SSSR count). The number of amides is 1. The second-order valence-corrected chi connectivity index (χ2v) is 5.54. The molecule has 0 saturated heterocycles. The molecule has 4 nitrogen and oxygen atoms in total. The van der Waals surface area contributed by atoms with Gasteiger partial charge in [-0.2, -0.15) is 13.2 Å². The number of hydrogen-bond donors (Lipinski definition) is 1. The van der Waals surface area contributed by atoms with Crippen molar-refractivity contribution in [3.8, 4) is 0 Å². The number of anilines is 1. The fourth-order valence-electron chi connectivity index (χ4n) is 1.98. The SMILES string of the molecule is Cc1cccc(Cl)c1NC(=O)COC(=O)c1ccc(C(F)(F)F)cc1. The first-order valence-corrected chi connectivity index (χ1v) is 7.45. The zero-order valence-corrected chi connectivity index (χ0v) is 13.7. The number of para-hydroxylation sites is 1. The Hall–Kier alpha value is -2.54. The van der Waals surface area contributed by atoms with Crippen LogP contribution in [0.2, 0.25) is 5.02 Å². The van der Waals surface area contributed by atoms with Crippen molar-refractivity contribution in [2.24, 2.45) is 0 Å². The van der Waals surface area contributed by atoms with Gasteiger partial charge in [-0.25, -0.2) is 4.79 Å². The summed E-state index contributed by atoms with van der Waals surface area (Å²) in [6.07, 6.45) is -4.49. The summed E-state index contributed by atoms with van der Waals surface area (Å²) in [6.45, 7) is 1.15. The predicted molar refractivity (Wildman–Crippen MR) is 86.5 cm³/mol. The van der Waals surface area contributed by atoms with Gasteiger partial charge in [-0.05, 0) is 42.8 Å². The van der Waals surface area contributed by atoms with Crippen LogP contribution in [0.25, 0.3) is 0 Å². The van der Waals surface area contributed by atoms with Crippen LogP contribution in [0, 0.1) is 6.92 Å². The van der Waals surface area contributed by atoms with Crippen LogP contribution in [-0.4, -0.2) is 18.5 Å². The van der Waals surface area contributed by atoms with Gasteiger partial charge >= 0.3 is 12.1 Å². The quantitative estimate of drug-likeness (QED) is 0.807. The molecule has 0 saturated carbocycles. The van der Waals surface area contributed by atoms with Gasteiger partial charge in [-0.15, -0.1) is 0 Å². The Morgan fingerprint density at radius 1 is 1.12 bits per heavy atom. The fourth-order valence-corrected chi connectivity index (χ4v) is 2.24. The first-order chi connectivity index (χ1) is 11.7. The molecule has 0 aliphatic rings. The molecule has 1 N–H and O–H groups in total. The third kappa shape index (κ3) is 4.96. The van der Waals surface area contributed by atoms with Crippen LogP contribution in [0.5, 0.6) is 0 Å². The maximum Gasteiger partial charge on any atom is 0.416 e. The Morgan fingerprint density at radius 2 is 1.76 bits per heavy atom. The lowest BCUT2D eigenvalue weighted by Gasteiger charge is -2.11. The second kappa shape index (κ2) is 7.57. The molecular weight excluding hydrogens is 359 g/mol. The van der Waals surface area contributed by atoms with E-state index in [0.29, 0.717) is 10.7 Å². The number of hydrogen-bond acceptors (Lipinski definition) is 3. The summed E-state index contributed by atoms with van der Waals surface area (Å²) in [5.74, 6) is -1.52. The summed E-state index contributed by atoms with van der Waals surface area (Å²) in [7, 11) is 0. The average Bonchev–Trinajstić information content (AvgIpc) is 2.55. The van der Waals surface area contributed by atoms with Crippen LogP contribution in [0.3, 0.4) is 0 Å². The van der Waals surface area contributed by atoms with Crippen molar-refractivity contribution in [1.29, 1.82) is 0 Å². The van der Waals surface area contributed by atoms with Gasteiger partial charge in [0.25, 0.3) is 5.91 Å². The highest BCUT2D eigenvalue weighted by atomic mass is 35.5. The van der Waals surface area contributed by atoms with Gasteiger partial charge in [0.2, 0.25) is 0 Å². The van der Waals surface area contributed by atoms with Gasteiger partial charge in [0.1, 0.15) is 0 Å². The minimum absolute atomic E-state index is 0.0882. The number of aryl methyl sites for hydroxylation is 1. The zero-order chi connectivity index (χ0) is 18.6. The third-order valence-corrected chi connectivity index (χ3v) is 3.58. The summed E-state index contributed by atoms with van der Waals surface area (Å²) in [6, 6.07) is 8.57. The topological polar surface area (TPSA) is 55.4 Å². The Balaban J connectivity index is 1.94. The first-order valence-electron chi connectivity index (χ1n) is 7.08. The fraction of sp³-hybridized carbons (Fsp3) is 0.176. The molecule has 0 aliphatic carbocycles. The first kappa shape index (κ1) is 18.8. The molecule has 2 aromatic carbocycles. The van der Waals surface area contributed by atoms with E-state index in [1.165, 1.54) is 0 Å². The molecule has 0 heterocycles. The maximum absolute atomic E-state index is 12.5. The van der Waals surface area contributed by atoms with Crippen LogP contribution in [0.15, 0.2) is 42.5 Å². The van der Waals surface area contributed by atoms with Crippen molar-refractivity contribution < 1.29 is 27.5 Å². The third-order valence-electron chi connectivity index (χ3n) is 3.27. The van der Waals surface area contributed by atoms with Gasteiger partial charge in [-0.1, -0.05) is 23.7 Å². The van der Waals surface area contributed by atoms with Crippen molar-refractivity contribution >= 4 is 29.2 Å². The molecule has 0 fully saturated rings. The molecular formula is C17H13ClF3NO3. The number of carbonyl (C=O) groups excluding carboxylic acids is 2. The summed E-state index contributed by atoms with van der Waals surface area (Å²) in [5, 5.41) is 2.85. The molecule has 8 heteroatoms. The molecule has 0 spiro atoms. The summed E-state index contributed by atoms with van der Waals surface area (Å²) < 4.78 is 42.2. The molecule has 0 bridgehead atoms. The number of halogens is 4. The number of alkyl halides is 3. The van der Waals surface area contributed by atoms with Crippen molar-refractivity contribution in [2.45, 2.75) is 13.1 Å². The normalized spacial score (nSPS) is 11.1. The van der Waals surface area contributed by atoms with E-state index in [2.05, 4.69) is 5.32 Å². The lowest BCUT2D eigenvalue weighted by Crippen LogP contribution is -2.21. The highest BCUT2D eigenvalue weighted by Crippen LogP contribution is 2.29. The molecule has 0 unspecified atom stereocenters. The van der Waals surface area contributed by atoms with Gasteiger partial charge < -0.3 is 10.1 Å². The summed E-state index contributed by atoms with van der Waals surface area (Å²) in [4.78, 5) is 23.6. The van der Waals surface area contributed by atoms with Crippen LogP contribution >= 0.6 is 11.6 Å². The number of carbonyl (C=O) groups is 2. The molecule has 0 atom stereocenters. The molecule has 0 aliphatic heterocycles. The molecule has 2 aromatic rings. The lowest BCUT2D eigenvalue weighted by molar-refractivity contribution is -0.137. The predicted octanol–water partition coefficient (Wildman–Crippen LogP) is 4.46. The van der Waals surface area contributed by atoms with Crippen molar-refractivity contribution in [3.63, 3.8) is 0 Å². The van der Waals surface area contributed by atoms with Crippen molar-refractivity contribution in [1.82, 2.24) is 0 Å². The van der Waals surface area contributed by atoms with Gasteiger partial charge in [0.05, 0.1) is 21.8 Å². The zero-order valence-electron chi connectivity index (χ0n) is 13.0. The van der Waals surface area contributed by atoms with Gasteiger partial charge in [0.15, 0.2) is 6.61 Å². The smallest absolute Gasteiger partial charge is 0.416 e. The van der Waals surface area contributed by atoms with E-state index >= 15 is 0 Å². The van der Waals surface area contributed by atoms with Gasteiger partial charge in [-0.3, -0.25) is 4.79 Å². The van der Waals surface area contributed by atoms with E-state index in [9.17, 15) is 22.8 Å². The highest BCUT2D eigenvalue weighted by Gasteiger charge is 2.30. The minimum atomic E-state index is -4.49. The van der Waals surface area contributed by atoms with Gasteiger partial charge in [0, 0.05) is 0 Å². The number of benzene rings is 2. The van der Waals surface area contributed by atoms with E-state index in [1.807, 2.05) is 0 Å². The van der Waals surface area contributed by atoms with Crippen molar-refractivity contribution in [2.75, 3.05) is 11.9 Å². The average molecular weight is 372 g/mol. The van der Waals surface area contributed by atoms with E-state index in [1.54, 1.807) is 25.1 Å². The Kier molecular flexibility index (Phi) is 5.69. The standard InChI is InChI=1S/C17H13ClF3NO3/c1-10-3-2-4-13(18)15(10)22-14(23)9-25-16(24)11-5-7-12(8-6-11)17(19,20)21/h2-8H,9H2,1H3,(H,22,23). The number of rotatable bonds is 4. The number of nitrogens with one attached hydrogen (secondary N) is 1. The monoisotopic (exact) mass is 371 g/mol. The van der Waals surface area contributed by atoms with E-state index in [4.69, 9.17) is 16.3 Å². The number of esters is 1.